The predicted octanol–water partition coefficient (Wildman–Crippen LogP) is 5.32. The van der Waals surface area contributed by atoms with E-state index in [0.29, 0.717) is 6.61 Å². The molecule has 31 heavy (non-hydrogen) atoms. The van der Waals surface area contributed by atoms with Gasteiger partial charge in [0.1, 0.15) is 18.4 Å². The molecular weight excluding hydrogens is 424 g/mol. The number of nitriles is 1. The van der Waals surface area contributed by atoms with Gasteiger partial charge < -0.3 is 14.0 Å². The summed E-state index contributed by atoms with van der Waals surface area (Å²) in [6.45, 7) is 6.84. The van der Waals surface area contributed by atoms with Gasteiger partial charge in [-0.2, -0.15) is 17.0 Å². The molecule has 3 aromatic rings. The fraction of sp³-hybridized carbons (Fsp3) is 0.375. The molecule has 0 atom stereocenters. The van der Waals surface area contributed by atoms with E-state index < -0.39 is 0 Å². The maximum Gasteiger partial charge on any atom is 0.121 e. The Bertz CT molecular complexity index is 1070. The van der Waals surface area contributed by atoms with Crippen molar-refractivity contribution in [2.24, 2.45) is 0 Å². The number of hydrogen-bond acceptors (Lipinski definition) is 6. The highest BCUT2D eigenvalue weighted by molar-refractivity contribution is 7.99. The Balaban J connectivity index is 1.62. The number of thioether (sulfide) groups is 1. The average molecular weight is 453 g/mol. The lowest BCUT2D eigenvalue weighted by molar-refractivity contribution is 0.222. The third kappa shape index (κ3) is 4.82. The van der Waals surface area contributed by atoms with E-state index in [0.717, 1.165) is 65.3 Å². The highest BCUT2D eigenvalue weighted by Gasteiger charge is 2.19. The molecule has 0 aliphatic carbocycles. The summed E-state index contributed by atoms with van der Waals surface area (Å²) in [5, 5.41) is 10.9. The molecule has 1 aliphatic heterocycles. The summed E-state index contributed by atoms with van der Waals surface area (Å²) in [5.74, 6) is 3.29. The van der Waals surface area contributed by atoms with Gasteiger partial charge in [-0.3, -0.25) is 4.90 Å². The van der Waals surface area contributed by atoms with Gasteiger partial charge in [0.15, 0.2) is 0 Å². The van der Waals surface area contributed by atoms with Crippen LogP contribution >= 0.6 is 23.7 Å². The monoisotopic (exact) mass is 452 g/mol. The molecule has 0 saturated carbocycles. The molecule has 0 amide bonds. The van der Waals surface area contributed by atoms with Crippen molar-refractivity contribution in [2.75, 3.05) is 48.7 Å². The Morgan fingerprint density at radius 2 is 1.94 bits per heavy atom. The Hall–Kier alpha value is -2.27. The van der Waals surface area contributed by atoms with Crippen molar-refractivity contribution in [3.8, 4) is 23.1 Å². The fourth-order valence-electron chi connectivity index (χ4n) is 4.09. The Labute approximate surface area is 192 Å². The smallest absolute Gasteiger partial charge is 0.121 e. The van der Waals surface area contributed by atoms with Crippen molar-refractivity contribution in [1.82, 2.24) is 9.47 Å². The van der Waals surface area contributed by atoms with Crippen LogP contribution in [-0.4, -0.2) is 53.5 Å². The number of rotatable bonds is 8. The summed E-state index contributed by atoms with van der Waals surface area (Å²) in [6, 6.07) is 16.8. The van der Waals surface area contributed by atoms with Gasteiger partial charge in [0.05, 0.1) is 16.8 Å². The molecule has 0 unspecified atom stereocenters. The summed E-state index contributed by atoms with van der Waals surface area (Å²) >= 11 is 3.59. The largest absolute Gasteiger partial charge is 0.492 e. The lowest BCUT2D eigenvalue weighted by Gasteiger charge is -2.25. The highest BCUT2D eigenvalue weighted by Crippen LogP contribution is 2.35. The van der Waals surface area contributed by atoms with E-state index in [1.165, 1.54) is 11.5 Å². The third-order valence-electron chi connectivity index (χ3n) is 5.62. The average Bonchev–Trinajstić information content (AvgIpc) is 3.13. The molecule has 162 valence electrons. The first kappa shape index (κ1) is 21.9. The van der Waals surface area contributed by atoms with Crippen molar-refractivity contribution >= 4 is 40.3 Å². The van der Waals surface area contributed by atoms with Crippen LogP contribution in [0.5, 0.6) is 5.75 Å². The zero-order chi connectivity index (χ0) is 21.6. The Morgan fingerprint density at radius 3 is 2.61 bits per heavy atom. The second kappa shape index (κ2) is 10.4. The van der Waals surface area contributed by atoms with Crippen LogP contribution in [0.3, 0.4) is 0 Å². The fourth-order valence-corrected chi connectivity index (χ4v) is 5.44. The van der Waals surface area contributed by atoms with Gasteiger partial charge in [-0.15, -0.1) is 0 Å². The molecule has 2 heterocycles. The van der Waals surface area contributed by atoms with Crippen LogP contribution in [-0.2, 0) is 6.54 Å². The Kier molecular flexibility index (Phi) is 7.33. The van der Waals surface area contributed by atoms with Crippen LogP contribution in [0.4, 0.5) is 5.69 Å². The first-order valence-corrected chi connectivity index (χ1v) is 13.0. The zero-order valence-electron chi connectivity index (χ0n) is 18.1. The maximum atomic E-state index is 9.96. The van der Waals surface area contributed by atoms with Gasteiger partial charge in [-0.05, 0) is 36.8 Å². The minimum atomic E-state index is 0.685. The molecule has 1 saturated heterocycles. The maximum absolute atomic E-state index is 9.96. The number of anilines is 1. The van der Waals surface area contributed by atoms with Crippen LogP contribution in [0, 0.1) is 11.3 Å². The number of fused-ring (bicyclic) bond motifs is 1. The third-order valence-corrected chi connectivity index (χ3v) is 7.00. The molecule has 1 aromatic heterocycles. The Morgan fingerprint density at radius 1 is 1.16 bits per heavy atom. The second-order valence-corrected chi connectivity index (χ2v) is 9.28. The van der Waals surface area contributed by atoms with Crippen LogP contribution < -0.4 is 9.46 Å². The van der Waals surface area contributed by atoms with E-state index >= 15 is 0 Å². The van der Waals surface area contributed by atoms with Crippen molar-refractivity contribution in [3.63, 3.8) is 0 Å². The minimum absolute atomic E-state index is 0.685. The van der Waals surface area contributed by atoms with Gasteiger partial charge in [-0.1, -0.05) is 24.1 Å². The molecule has 4 rings (SSSR count). The number of nitrogens with zero attached hydrogens (tertiary/aromatic N) is 3. The SMILES string of the molecule is CCn1c(-c2ccc(NSC)cc2)c(C#N)c2ccc(OCCN3CCSCC3)cc21. The van der Waals surface area contributed by atoms with E-state index in [1.807, 2.05) is 30.2 Å². The predicted molar refractivity (Wildman–Crippen MR) is 134 cm³/mol. The number of aryl methyl sites for hydroxylation is 1. The molecule has 1 aliphatic rings. The number of hydrogen-bond donors (Lipinski definition) is 1. The van der Waals surface area contributed by atoms with Crippen LogP contribution in [0.2, 0.25) is 0 Å². The molecular formula is C24H28N4OS2. The molecule has 2 aromatic carbocycles. The van der Waals surface area contributed by atoms with E-state index in [1.54, 1.807) is 11.9 Å². The molecule has 1 N–H and O–H groups in total. The van der Waals surface area contributed by atoms with Crippen LogP contribution in [0.15, 0.2) is 42.5 Å². The summed E-state index contributed by atoms with van der Waals surface area (Å²) < 4.78 is 11.6. The number of nitrogens with one attached hydrogen (secondary N) is 1. The van der Waals surface area contributed by atoms with Gasteiger partial charge in [-0.25, -0.2) is 0 Å². The molecule has 0 bridgehead atoms. The molecule has 0 radical (unpaired) electrons. The number of ether oxygens (including phenoxy) is 1. The number of aromatic nitrogens is 1. The highest BCUT2D eigenvalue weighted by atomic mass is 32.2. The van der Waals surface area contributed by atoms with Crippen LogP contribution in [0.25, 0.3) is 22.2 Å². The first-order chi connectivity index (χ1) is 15.2. The van der Waals surface area contributed by atoms with Crippen molar-refractivity contribution < 1.29 is 4.74 Å². The number of benzene rings is 2. The van der Waals surface area contributed by atoms with Crippen molar-refractivity contribution in [3.05, 3.63) is 48.0 Å². The van der Waals surface area contributed by atoms with Gasteiger partial charge in [0.2, 0.25) is 0 Å². The quantitative estimate of drug-likeness (QED) is 0.467. The van der Waals surface area contributed by atoms with E-state index in [9.17, 15) is 5.26 Å². The molecule has 1 fully saturated rings. The molecule has 5 nitrogen and oxygen atoms in total. The van der Waals surface area contributed by atoms with E-state index in [2.05, 4.69) is 57.5 Å². The van der Waals surface area contributed by atoms with Crippen molar-refractivity contribution in [2.45, 2.75) is 13.5 Å². The summed E-state index contributed by atoms with van der Waals surface area (Å²) in [7, 11) is 0. The normalized spacial score (nSPS) is 14.5. The first-order valence-electron chi connectivity index (χ1n) is 10.6. The minimum Gasteiger partial charge on any atom is -0.492 e. The summed E-state index contributed by atoms with van der Waals surface area (Å²) in [5.41, 5.74) is 4.84. The molecule has 7 heteroatoms. The standard InChI is InChI=1S/C24H28N4OS2/c1-3-28-23-16-20(29-13-10-27-11-14-31-15-12-27)8-9-21(23)22(17-25)24(28)18-4-6-19(7-5-18)26-30-2/h4-9,16,26H,3,10-15H2,1-2H3. The lowest BCUT2D eigenvalue weighted by Crippen LogP contribution is -2.35. The second-order valence-electron chi connectivity index (χ2n) is 7.44. The van der Waals surface area contributed by atoms with Gasteiger partial charge >= 0.3 is 0 Å². The molecule has 0 spiro atoms. The van der Waals surface area contributed by atoms with Crippen molar-refractivity contribution in [1.29, 1.82) is 5.26 Å². The topological polar surface area (TPSA) is 53.2 Å². The summed E-state index contributed by atoms with van der Waals surface area (Å²) in [4.78, 5) is 2.46. The van der Waals surface area contributed by atoms with Gasteiger partial charge in [0.25, 0.3) is 0 Å². The zero-order valence-corrected chi connectivity index (χ0v) is 19.7. The lowest BCUT2D eigenvalue weighted by atomic mass is 10.1. The van der Waals surface area contributed by atoms with E-state index in [4.69, 9.17) is 4.74 Å². The van der Waals surface area contributed by atoms with E-state index in [-0.39, 0.29) is 0 Å². The van der Waals surface area contributed by atoms with Crippen LogP contribution in [0.1, 0.15) is 12.5 Å². The van der Waals surface area contributed by atoms with Gasteiger partial charge in [0, 0.05) is 61.1 Å². The summed E-state index contributed by atoms with van der Waals surface area (Å²) in [6.07, 6.45) is 2.00.